The van der Waals surface area contributed by atoms with E-state index >= 15 is 0 Å². The molecule has 0 spiro atoms. The van der Waals surface area contributed by atoms with Gasteiger partial charge in [0.05, 0.1) is 31.6 Å². The number of fused-ring (bicyclic) bond motifs is 1. The number of pyridine rings is 1. The Kier molecular flexibility index (Phi) is 7.91. The zero-order valence-corrected chi connectivity index (χ0v) is 23.5. The molecule has 2 atom stereocenters. The van der Waals surface area contributed by atoms with Crippen LogP contribution in [0.1, 0.15) is 25.7 Å². The number of ether oxygens (including phenoxy) is 1. The molecule has 1 saturated carbocycles. The van der Waals surface area contributed by atoms with Crippen molar-refractivity contribution < 1.29 is 18.3 Å². The number of piperazine rings is 1. The third-order valence-electron chi connectivity index (χ3n) is 7.81. The van der Waals surface area contributed by atoms with Gasteiger partial charge in [-0.05, 0) is 25.0 Å². The minimum absolute atomic E-state index is 0.117. The molecule has 0 radical (unpaired) electrons. The number of anilines is 4. The summed E-state index contributed by atoms with van der Waals surface area (Å²) in [6.45, 7) is 10.9. The van der Waals surface area contributed by atoms with Crippen LogP contribution in [0.5, 0.6) is 0 Å². The lowest BCUT2D eigenvalue weighted by Crippen LogP contribution is -2.55. The maximum Gasteiger partial charge on any atom is 0.282 e. The Hall–Kier alpha value is -3.55. The molecule has 3 aliphatic rings. The molecule has 14 nitrogen and oxygen atoms in total. The number of imidazole rings is 1. The van der Waals surface area contributed by atoms with Gasteiger partial charge < -0.3 is 30.2 Å². The van der Waals surface area contributed by atoms with Gasteiger partial charge in [-0.1, -0.05) is 30.6 Å². The Morgan fingerprint density at radius 2 is 1.78 bits per heavy atom. The van der Waals surface area contributed by atoms with Gasteiger partial charge in [0, 0.05) is 45.3 Å². The Balaban J connectivity index is 1.19. The quantitative estimate of drug-likeness (QED) is 0.353. The average Bonchev–Trinajstić information content (AvgIpc) is 3.42. The number of hydrogen-bond donors (Lipinski definition) is 3. The highest BCUT2D eigenvalue weighted by atomic mass is 32.2. The van der Waals surface area contributed by atoms with Gasteiger partial charge in [0.1, 0.15) is 17.3 Å². The van der Waals surface area contributed by atoms with Crippen LogP contribution in [-0.2, 0) is 14.9 Å². The molecule has 0 amide bonds. The summed E-state index contributed by atoms with van der Waals surface area (Å²) in [5.74, 6) is 2.12. The van der Waals surface area contributed by atoms with Gasteiger partial charge >= 0.3 is 0 Å². The maximum absolute atomic E-state index is 13.0. The first-order valence-electron chi connectivity index (χ1n) is 14.0. The average molecular weight is 583 g/mol. The molecule has 3 fully saturated rings. The summed E-state index contributed by atoms with van der Waals surface area (Å²) in [7, 11) is -3.51. The molecule has 218 valence electrons. The lowest BCUT2D eigenvalue weighted by Gasteiger charge is -2.38. The van der Waals surface area contributed by atoms with Crippen LogP contribution in [0, 0.1) is 6.57 Å². The molecule has 6 rings (SSSR count). The number of aliphatic hydroxyl groups is 1. The first-order valence-corrected chi connectivity index (χ1v) is 15.3. The van der Waals surface area contributed by atoms with E-state index in [0.29, 0.717) is 75.5 Å². The van der Waals surface area contributed by atoms with E-state index in [1.807, 2.05) is 24.3 Å². The highest BCUT2D eigenvalue weighted by Crippen LogP contribution is 2.29. The van der Waals surface area contributed by atoms with Crippen LogP contribution in [0.3, 0.4) is 0 Å². The van der Waals surface area contributed by atoms with E-state index in [1.165, 1.54) is 19.3 Å². The molecule has 3 aromatic rings. The lowest BCUT2D eigenvalue weighted by atomic mass is 9.92. The van der Waals surface area contributed by atoms with Crippen molar-refractivity contribution in [1.82, 2.24) is 28.2 Å². The number of nitrogens with zero attached hydrogens (tertiary/aromatic N) is 8. The molecule has 5 heterocycles. The van der Waals surface area contributed by atoms with Gasteiger partial charge in [-0.2, -0.15) is 17.0 Å². The summed E-state index contributed by atoms with van der Waals surface area (Å²) in [5.41, 5.74) is 1.11. The molecule has 3 N–H and O–H groups in total. The van der Waals surface area contributed by atoms with Gasteiger partial charge in [-0.15, -0.1) is 4.52 Å². The van der Waals surface area contributed by atoms with Gasteiger partial charge in [0.15, 0.2) is 5.82 Å². The summed E-state index contributed by atoms with van der Waals surface area (Å²) < 4.78 is 35.9. The summed E-state index contributed by atoms with van der Waals surface area (Å²) >= 11 is 0. The van der Waals surface area contributed by atoms with E-state index in [1.54, 1.807) is 0 Å². The molecule has 2 saturated heterocycles. The topological polar surface area (TPSA) is 145 Å². The van der Waals surface area contributed by atoms with E-state index in [-0.39, 0.29) is 11.9 Å². The maximum atomic E-state index is 13.0. The minimum Gasteiger partial charge on any atom is -0.391 e. The molecular formula is C26H34N10O4S. The Bertz CT molecular complexity index is 1530. The summed E-state index contributed by atoms with van der Waals surface area (Å²) in [6.07, 6.45) is 4.64. The molecule has 15 heteroatoms. The first-order chi connectivity index (χ1) is 19.9. The molecule has 2 aliphatic heterocycles. The number of aromatic nitrogens is 4. The molecule has 0 unspecified atom stereocenters. The van der Waals surface area contributed by atoms with Crippen molar-refractivity contribution in [3.8, 4) is 0 Å². The van der Waals surface area contributed by atoms with Crippen molar-refractivity contribution in [2.45, 2.75) is 37.8 Å². The second-order valence-corrected chi connectivity index (χ2v) is 12.3. The Morgan fingerprint density at radius 1 is 1.02 bits per heavy atom. The molecule has 1 aliphatic carbocycles. The predicted octanol–water partition coefficient (Wildman–Crippen LogP) is 1.83. The smallest absolute Gasteiger partial charge is 0.282 e. The largest absolute Gasteiger partial charge is 0.391 e. The van der Waals surface area contributed by atoms with Crippen LogP contribution in [0.25, 0.3) is 10.5 Å². The van der Waals surface area contributed by atoms with Gasteiger partial charge in [0.2, 0.25) is 0 Å². The normalized spacial score (nSPS) is 22.9. The summed E-state index contributed by atoms with van der Waals surface area (Å²) in [6, 6.07) is 7.35. The Labute approximate surface area is 238 Å². The van der Waals surface area contributed by atoms with Crippen LogP contribution in [0.15, 0.2) is 30.5 Å². The van der Waals surface area contributed by atoms with Crippen molar-refractivity contribution >= 4 is 44.8 Å². The van der Waals surface area contributed by atoms with E-state index in [4.69, 9.17) is 16.3 Å². The zero-order chi connectivity index (χ0) is 28.4. The molecular weight excluding hydrogens is 548 g/mol. The van der Waals surface area contributed by atoms with E-state index in [9.17, 15) is 13.5 Å². The van der Waals surface area contributed by atoms with Gasteiger partial charge in [-0.3, -0.25) is 0 Å². The van der Waals surface area contributed by atoms with Crippen molar-refractivity contribution in [2.75, 3.05) is 68.0 Å². The van der Waals surface area contributed by atoms with E-state index in [0.717, 1.165) is 31.5 Å². The van der Waals surface area contributed by atoms with Crippen LogP contribution in [0.2, 0.25) is 0 Å². The third-order valence-corrected chi connectivity index (χ3v) is 9.84. The van der Waals surface area contributed by atoms with Crippen LogP contribution < -0.4 is 15.5 Å². The standard InChI is InChI=1S/C26H34N10O4S/c1-27-25-18-28-26-20(17-23(32-36(25)26)29-19-5-2-3-6-21(19)37)30-22-7-4-8-24(31-22)33-9-11-34(12-10-33)41(38,39)35-13-15-40-16-14-35/h4,7-8,17-19,21,37H,2-3,5-6,9-16H2,(H,29,32)(H,30,31)/t19-,21-/m1/s1. The second kappa shape index (κ2) is 11.7. The first kappa shape index (κ1) is 27.6. The van der Waals surface area contributed by atoms with Crippen LogP contribution in [-0.4, -0.2) is 106 Å². The summed E-state index contributed by atoms with van der Waals surface area (Å²) in [5, 5.41) is 21.7. The Morgan fingerprint density at radius 3 is 2.54 bits per heavy atom. The fourth-order valence-electron chi connectivity index (χ4n) is 5.56. The number of rotatable bonds is 7. The van der Waals surface area contributed by atoms with E-state index < -0.39 is 16.3 Å². The highest BCUT2D eigenvalue weighted by molar-refractivity contribution is 7.86. The van der Waals surface area contributed by atoms with Crippen molar-refractivity contribution in [2.24, 2.45) is 0 Å². The predicted molar refractivity (Wildman–Crippen MR) is 154 cm³/mol. The second-order valence-electron chi connectivity index (χ2n) is 10.4. The minimum atomic E-state index is -3.51. The van der Waals surface area contributed by atoms with Gasteiger partial charge in [-0.25, -0.2) is 9.97 Å². The molecule has 3 aromatic heterocycles. The number of hydrogen-bond acceptors (Lipinski definition) is 10. The SMILES string of the molecule is [C-]#[N+]c1cnc2c(Nc3cccc(N4CCN(S(=O)(=O)N5CCOCC5)CC4)n3)cc(N[C@@H]3CCCC[C@H]3O)nn12. The number of aliphatic hydroxyl groups excluding tert-OH is 1. The monoisotopic (exact) mass is 582 g/mol. The fraction of sp³-hybridized carbons (Fsp3) is 0.538. The third kappa shape index (κ3) is 5.79. The van der Waals surface area contributed by atoms with Crippen LogP contribution >= 0.6 is 0 Å². The van der Waals surface area contributed by atoms with Crippen molar-refractivity contribution in [3.05, 3.63) is 41.9 Å². The fourth-order valence-corrected chi connectivity index (χ4v) is 7.12. The van der Waals surface area contributed by atoms with Gasteiger partial charge in [0.25, 0.3) is 21.7 Å². The highest BCUT2D eigenvalue weighted by Gasteiger charge is 2.33. The number of nitrogens with one attached hydrogen (secondary N) is 2. The van der Waals surface area contributed by atoms with Crippen molar-refractivity contribution in [3.63, 3.8) is 0 Å². The molecule has 41 heavy (non-hydrogen) atoms. The summed E-state index contributed by atoms with van der Waals surface area (Å²) in [4.78, 5) is 14.8. The lowest BCUT2D eigenvalue weighted by molar-refractivity contribution is 0.0700. The van der Waals surface area contributed by atoms with Crippen molar-refractivity contribution in [1.29, 1.82) is 0 Å². The van der Waals surface area contributed by atoms with Crippen LogP contribution in [0.4, 0.5) is 29.0 Å². The zero-order valence-electron chi connectivity index (χ0n) is 22.7. The van der Waals surface area contributed by atoms with E-state index in [2.05, 4.69) is 30.5 Å². The number of morpholine rings is 1. The molecule has 0 aromatic carbocycles. The molecule has 0 bridgehead atoms.